The molecule has 63 heavy (non-hydrogen) atoms. The second kappa shape index (κ2) is 20.0. The zero-order valence-corrected chi connectivity index (χ0v) is 32.5. The molecule has 0 saturated carbocycles. The fraction of sp³-hybridized carbons (Fsp3) is 0.341. The molecule has 2 saturated heterocycles. The summed E-state index contributed by atoms with van der Waals surface area (Å²) in [5.74, 6) is 0.107. The number of aliphatic hydroxyl groups excluding tert-OH is 4. The highest BCUT2D eigenvalue weighted by atomic mass is 19.4. The number of urea groups is 2. The minimum absolute atomic E-state index is 0.0573. The largest absolute Gasteiger partial charge is 0.457 e. The van der Waals surface area contributed by atoms with Gasteiger partial charge in [-0.3, -0.25) is 4.79 Å². The molecule has 4 aromatic carbocycles. The Morgan fingerprint density at radius 3 is 1.76 bits per heavy atom. The summed E-state index contributed by atoms with van der Waals surface area (Å²) < 4.78 is 104. The van der Waals surface area contributed by atoms with E-state index in [-0.39, 0.29) is 16.9 Å². The van der Waals surface area contributed by atoms with Gasteiger partial charge in [-0.25, -0.2) is 9.59 Å². The summed E-state index contributed by atoms with van der Waals surface area (Å²) in [5.41, 5.74) is -2.71. The maximum absolute atomic E-state index is 13.8. The van der Waals surface area contributed by atoms with Crippen LogP contribution < -0.4 is 31.3 Å². The van der Waals surface area contributed by atoms with Crippen molar-refractivity contribution in [2.75, 3.05) is 30.5 Å². The zero-order valence-electron chi connectivity index (χ0n) is 32.5. The number of halogens is 6. The predicted octanol–water partition coefficient (Wildman–Crippen LogP) is 4.21. The molecular weight excluding hydrogens is 852 g/mol. The second-order valence-electron chi connectivity index (χ2n) is 14.3. The highest BCUT2D eigenvalue weighted by Gasteiger charge is 2.50. The van der Waals surface area contributed by atoms with Crippen LogP contribution in [0.5, 0.6) is 11.5 Å². The number of hydrogen-bond donors (Lipinski definition) is 9. The van der Waals surface area contributed by atoms with Crippen molar-refractivity contribution in [3.05, 3.63) is 120 Å². The van der Waals surface area contributed by atoms with Crippen molar-refractivity contribution in [1.82, 2.24) is 16.0 Å². The normalized spacial score (nSPS) is 25.0. The van der Waals surface area contributed by atoms with Crippen LogP contribution in [0, 0.1) is 0 Å². The molecule has 0 spiro atoms. The first kappa shape index (κ1) is 46.5. The molecule has 9 atom stereocenters. The first-order valence-electron chi connectivity index (χ1n) is 19.1. The monoisotopic (exact) mass is 893 g/mol. The maximum Gasteiger partial charge on any atom is 0.416 e. The van der Waals surface area contributed by atoms with E-state index in [2.05, 4.69) is 26.6 Å². The van der Waals surface area contributed by atoms with Crippen LogP contribution in [-0.2, 0) is 26.6 Å². The van der Waals surface area contributed by atoms with Gasteiger partial charge in [0.05, 0.1) is 43.0 Å². The average Bonchev–Trinajstić information content (AvgIpc) is 3.24. The van der Waals surface area contributed by atoms with E-state index >= 15 is 0 Å². The summed E-state index contributed by atoms with van der Waals surface area (Å²) in [6.07, 6.45) is -19.8. The van der Waals surface area contributed by atoms with E-state index in [9.17, 15) is 61.2 Å². The number of amides is 5. The fourth-order valence-corrected chi connectivity index (χ4v) is 6.77. The topological polar surface area (TPSA) is 229 Å². The number of carbonyl (C=O) groups is 3. The number of benzene rings is 4. The highest BCUT2D eigenvalue weighted by Crippen LogP contribution is 2.33. The Morgan fingerprint density at radius 1 is 0.651 bits per heavy atom. The molecule has 0 radical (unpaired) electrons. The van der Waals surface area contributed by atoms with Crippen molar-refractivity contribution < 1.29 is 80.1 Å². The van der Waals surface area contributed by atoms with Crippen LogP contribution in [0.15, 0.2) is 103 Å². The third kappa shape index (κ3) is 11.9. The number of para-hydroxylation sites is 1. The van der Waals surface area contributed by atoms with Gasteiger partial charge in [0.25, 0.3) is 5.91 Å². The van der Waals surface area contributed by atoms with E-state index in [0.29, 0.717) is 23.6 Å². The van der Waals surface area contributed by atoms with Gasteiger partial charge in [0.1, 0.15) is 48.1 Å². The van der Waals surface area contributed by atoms with E-state index in [1.54, 1.807) is 30.3 Å². The van der Waals surface area contributed by atoms with Gasteiger partial charge < -0.3 is 66.0 Å². The fourth-order valence-electron chi connectivity index (χ4n) is 6.77. The number of anilines is 2. The van der Waals surface area contributed by atoms with Crippen molar-refractivity contribution in [3.63, 3.8) is 0 Å². The van der Waals surface area contributed by atoms with Crippen molar-refractivity contribution >= 4 is 29.3 Å². The average molecular weight is 894 g/mol. The summed E-state index contributed by atoms with van der Waals surface area (Å²) in [5, 5.41) is 54.4. The number of ether oxygens (including phenoxy) is 4. The smallest absolute Gasteiger partial charge is 0.416 e. The lowest BCUT2D eigenvalue weighted by Gasteiger charge is -2.47. The first-order chi connectivity index (χ1) is 29.9. The minimum atomic E-state index is -4.76. The molecule has 5 amide bonds. The maximum atomic E-state index is 13.8. The molecule has 0 aliphatic carbocycles. The zero-order chi connectivity index (χ0) is 45.5. The number of nitrogens with one attached hydrogen (secondary N) is 5. The molecule has 2 heterocycles. The van der Waals surface area contributed by atoms with Crippen molar-refractivity contribution in [2.45, 2.75) is 67.3 Å². The summed E-state index contributed by atoms with van der Waals surface area (Å²) in [7, 11) is 0. The van der Waals surface area contributed by atoms with Crippen LogP contribution in [-0.4, -0.2) is 113 Å². The van der Waals surface area contributed by atoms with Crippen molar-refractivity contribution in [3.8, 4) is 11.5 Å². The Kier molecular flexibility index (Phi) is 14.8. The van der Waals surface area contributed by atoms with E-state index < -0.39 is 116 Å². The number of carbonyl (C=O) groups excluding carboxylic acids is 3. The highest BCUT2D eigenvalue weighted by molar-refractivity contribution is 5.94. The van der Waals surface area contributed by atoms with Crippen LogP contribution in [0.4, 0.5) is 47.3 Å². The molecular formula is C41H41F6N5O11. The molecule has 0 bridgehead atoms. The quantitative estimate of drug-likeness (QED) is 0.0916. The molecule has 22 heteroatoms. The summed E-state index contributed by atoms with van der Waals surface area (Å²) in [6.45, 7) is -2.18. The lowest BCUT2D eigenvalue weighted by atomic mass is 9.93. The van der Waals surface area contributed by atoms with Gasteiger partial charge >= 0.3 is 24.4 Å². The van der Waals surface area contributed by atoms with E-state index in [0.717, 1.165) is 30.3 Å². The van der Waals surface area contributed by atoms with Gasteiger partial charge in [-0.05, 0) is 72.8 Å². The Bertz CT molecular complexity index is 2190. The third-order valence-corrected chi connectivity index (χ3v) is 9.90. The number of rotatable bonds is 12. The van der Waals surface area contributed by atoms with Gasteiger partial charge in [-0.1, -0.05) is 30.3 Å². The minimum Gasteiger partial charge on any atom is -0.457 e. The van der Waals surface area contributed by atoms with E-state index in [1.165, 1.54) is 30.3 Å². The second-order valence-corrected chi connectivity index (χ2v) is 14.3. The van der Waals surface area contributed by atoms with Crippen molar-refractivity contribution in [2.24, 2.45) is 0 Å². The number of alkyl halides is 6. The summed E-state index contributed by atoms with van der Waals surface area (Å²) >= 11 is 0. The van der Waals surface area contributed by atoms with Gasteiger partial charge in [0.15, 0.2) is 6.29 Å². The first-order valence-corrected chi connectivity index (χ1v) is 19.1. The molecule has 6 rings (SSSR count). The summed E-state index contributed by atoms with van der Waals surface area (Å²) in [4.78, 5) is 40.4. The van der Waals surface area contributed by atoms with Gasteiger partial charge in [-0.2, -0.15) is 26.3 Å². The number of aliphatic hydroxyl groups is 4. The summed E-state index contributed by atoms with van der Waals surface area (Å²) in [6, 6.07) is 14.9. The lowest BCUT2D eigenvalue weighted by molar-refractivity contribution is -0.293. The molecule has 2 fully saturated rings. The van der Waals surface area contributed by atoms with Crippen LogP contribution in [0.3, 0.4) is 0 Å². The van der Waals surface area contributed by atoms with Crippen LogP contribution in [0.2, 0.25) is 0 Å². The predicted molar refractivity (Wildman–Crippen MR) is 208 cm³/mol. The van der Waals surface area contributed by atoms with Crippen LogP contribution in [0.25, 0.3) is 0 Å². The molecule has 0 aromatic heterocycles. The Balaban J connectivity index is 1.29. The van der Waals surface area contributed by atoms with Crippen molar-refractivity contribution in [1.29, 1.82) is 0 Å². The molecule has 16 nitrogen and oxygen atoms in total. The van der Waals surface area contributed by atoms with E-state index in [1.807, 2.05) is 0 Å². The third-order valence-electron chi connectivity index (χ3n) is 9.90. The van der Waals surface area contributed by atoms with Gasteiger partial charge in [-0.15, -0.1) is 0 Å². The SMILES string of the molecule is O=C(Nc1cccc(C(F)(F)F)c1)N[C@H]1[C@H](O[C@H]2[C@@H](NC(=O)c3ccc(Oc4ccccc4)cc3)[C@@H](CO)OC[C@@H]2NC(=O)Nc2cccc(C(F)(F)F)c2)O[C@H](CO)[C@@H](O)[C@@H]1O. The molecule has 338 valence electrons. The molecule has 0 unspecified atom stereocenters. The molecule has 9 N–H and O–H groups in total. The lowest BCUT2D eigenvalue weighted by Crippen LogP contribution is -2.70. The van der Waals surface area contributed by atoms with Gasteiger partial charge in [0, 0.05) is 16.9 Å². The Morgan fingerprint density at radius 2 is 1.21 bits per heavy atom. The number of hydrogen-bond acceptors (Lipinski definition) is 11. The Hall–Kier alpha value is -6.01. The standard InChI is InChI=1S/C41H41F6N5O11/c42-40(43,44)22-6-4-8-24(16-22)48-38(58)50-28-20-60-29(18-53)31(51-36(57)21-12-14-27(15-13-21)61-26-10-2-1-3-11-26)35(28)63-37-32(34(56)33(55)30(19-54)62-37)52-39(59)49-25-9-5-7-23(17-25)41(45,46)47/h1-17,28-35,37,53-56H,18-20H2,(H,51,57)(H2,48,50,58)(H2,49,52,59)/t28-,29+,30+,31-,32+,33+,34+,35+,37-/m0/s1. The van der Waals surface area contributed by atoms with Crippen LogP contribution >= 0.6 is 0 Å². The van der Waals surface area contributed by atoms with Crippen LogP contribution in [0.1, 0.15) is 21.5 Å². The Labute approximate surface area is 354 Å². The molecule has 4 aromatic rings. The molecule has 2 aliphatic rings. The van der Waals surface area contributed by atoms with Gasteiger partial charge in [0.2, 0.25) is 0 Å². The van der Waals surface area contributed by atoms with E-state index in [4.69, 9.17) is 18.9 Å². The molecule has 2 aliphatic heterocycles.